The summed E-state index contributed by atoms with van der Waals surface area (Å²) in [5.41, 5.74) is -0.310. The highest BCUT2D eigenvalue weighted by molar-refractivity contribution is 5.89. The largest absolute Gasteiger partial charge is 0.469 e. The minimum atomic E-state index is -0.696. The van der Waals surface area contributed by atoms with E-state index in [4.69, 9.17) is 9.47 Å². The summed E-state index contributed by atoms with van der Waals surface area (Å²) in [4.78, 5) is 26.4. The molecule has 2 bridgehead atoms. The van der Waals surface area contributed by atoms with E-state index in [0.29, 0.717) is 12.0 Å². The monoisotopic (exact) mass is 454 g/mol. The molecule has 0 aliphatic heterocycles. The van der Waals surface area contributed by atoms with E-state index >= 15 is 0 Å². The van der Waals surface area contributed by atoms with Crippen molar-refractivity contribution in [2.45, 2.75) is 84.3 Å². The van der Waals surface area contributed by atoms with Crippen LogP contribution in [0.1, 0.15) is 82.5 Å². The second-order valence-corrected chi connectivity index (χ2v) is 12.1. The molecule has 0 radical (unpaired) electrons. The van der Waals surface area contributed by atoms with Gasteiger partial charge in [-0.15, -0.1) is 0 Å². The summed E-state index contributed by atoms with van der Waals surface area (Å²) < 4.78 is 11.6. The Morgan fingerprint density at radius 1 is 1.00 bits per heavy atom. The van der Waals surface area contributed by atoms with E-state index in [9.17, 15) is 14.7 Å². The molecule has 8 atom stereocenters. The first-order valence-electron chi connectivity index (χ1n) is 12.6. The summed E-state index contributed by atoms with van der Waals surface area (Å²) in [6, 6.07) is 9.12. The third-order valence-electron chi connectivity index (χ3n) is 10.7. The fraction of sp³-hybridized carbons (Fsp3) is 0.714. The molecule has 1 N–H and O–H groups in total. The molecule has 5 heteroatoms. The molecule has 4 saturated carbocycles. The lowest BCUT2D eigenvalue weighted by Crippen LogP contribution is -2.66. The van der Waals surface area contributed by atoms with Gasteiger partial charge in [-0.3, -0.25) is 4.79 Å². The van der Waals surface area contributed by atoms with Crippen molar-refractivity contribution in [1.29, 1.82) is 0 Å². The number of carbonyl (C=O) groups is 2. The Morgan fingerprint density at radius 3 is 2.42 bits per heavy atom. The molecule has 0 saturated heterocycles. The number of esters is 2. The Hall–Kier alpha value is -1.88. The number of benzene rings is 1. The van der Waals surface area contributed by atoms with Crippen molar-refractivity contribution in [2.75, 3.05) is 7.11 Å². The van der Waals surface area contributed by atoms with E-state index in [0.717, 1.165) is 44.9 Å². The van der Waals surface area contributed by atoms with Crippen molar-refractivity contribution < 1.29 is 24.2 Å². The lowest BCUT2D eigenvalue weighted by Gasteiger charge is -2.67. The Labute approximate surface area is 197 Å². The fourth-order valence-corrected chi connectivity index (χ4v) is 9.08. The van der Waals surface area contributed by atoms with Crippen LogP contribution in [0, 0.1) is 33.5 Å². The van der Waals surface area contributed by atoms with Gasteiger partial charge >= 0.3 is 11.9 Å². The Bertz CT molecular complexity index is 945. The summed E-state index contributed by atoms with van der Waals surface area (Å²) in [6.45, 7) is 6.63. The van der Waals surface area contributed by atoms with Crippen LogP contribution in [0.4, 0.5) is 0 Å². The third kappa shape index (κ3) is 3.07. The fourth-order valence-electron chi connectivity index (χ4n) is 9.08. The summed E-state index contributed by atoms with van der Waals surface area (Å²) >= 11 is 0. The number of aliphatic hydroxyl groups excluding tert-OH is 1. The minimum Gasteiger partial charge on any atom is -0.469 e. The first-order chi connectivity index (χ1) is 15.6. The molecular formula is C28H38O5. The normalized spacial score (nSPS) is 46.1. The van der Waals surface area contributed by atoms with Gasteiger partial charge in [0.05, 0.1) is 24.2 Å². The predicted octanol–water partition coefficient (Wildman–Crippen LogP) is 5.16. The molecule has 5 rings (SSSR count). The molecule has 1 aromatic carbocycles. The maximum atomic E-state index is 13.3. The standard InChI is InChI=1S/C28H38O5/c1-25-13-14-28(17-25)19(16-21(25)29)15-20(33-23(30)18-9-6-5-7-10-18)22-26(2,24(31)32-4)11-8-12-27(22,28)3/h5-7,9-10,19-22,29H,8,11-17H2,1-4H3/t19?,20-,21-,22+,25-,26-,27+,28+/m1/s1. The number of hydrogen-bond acceptors (Lipinski definition) is 5. The van der Waals surface area contributed by atoms with Gasteiger partial charge in [0.25, 0.3) is 0 Å². The number of methoxy groups -OCH3 is 1. The van der Waals surface area contributed by atoms with Crippen LogP contribution in [0.15, 0.2) is 30.3 Å². The number of rotatable bonds is 3. The van der Waals surface area contributed by atoms with E-state index in [2.05, 4.69) is 13.8 Å². The summed E-state index contributed by atoms with van der Waals surface area (Å²) in [6.07, 6.45) is 6.60. The number of carbonyl (C=O) groups excluding carboxylic acids is 2. The Balaban J connectivity index is 1.59. The molecule has 0 aromatic heterocycles. The average molecular weight is 455 g/mol. The van der Waals surface area contributed by atoms with Crippen molar-refractivity contribution >= 4 is 11.9 Å². The number of hydrogen-bond donors (Lipinski definition) is 1. The first kappa shape index (κ1) is 22.9. The molecule has 0 heterocycles. The Kier molecular flexibility index (Phi) is 5.24. The first-order valence-corrected chi connectivity index (χ1v) is 12.6. The van der Waals surface area contributed by atoms with Crippen LogP contribution in [0.2, 0.25) is 0 Å². The van der Waals surface area contributed by atoms with Crippen molar-refractivity contribution in [3.63, 3.8) is 0 Å². The SMILES string of the molecule is COC(=O)[C@]1(C)CCC[C@@]2(C)[C@H]1[C@H](OC(=O)c1ccccc1)CC1C[C@@H](O)[C@]3(C)CC[C@]12C3. The summed E-state index contributed by atoms with van der Waals surface area (Å²) in [7, 11) is 1.47. The molecule has 1 unspecified atom stereocenters. The lowest BCUT2D eigenvalue weighted by atomic mass is 9.37. The highest BCUT2D eigenvalue weighted by Gasteiger charge is 2.73. The highest BCUT2D eigenvalue weighted by Crippen LogP contribution is 2.76. The third-order valence-corrected chi connectivity index (χ3v) is 10.7. The van der Waals surface area contributed by atoms with Crippen LogP contribution in [-0.2, 0) is 14.3 Å². The number of aliphatic hydroxyl groups is 1. The maximum Gasteiger partial charge on any atom is 0.338 e. The molecule has 1 aromatic rings. The van der Waals surface area contributed by atoms with Crippen LogP contribution < -0.4 is 0 Å². The molecule has 5 nitrogen and oxygen atoms in total. The molecule has 4 fully saturated rings. The van der Waals surface area contributed by atoms with E-state index < -0.39 is 5.41 Å². The van der Waals surface area contributed by atoms with Crippen LogP contribution >= 0.6 is 0 Å². The van der Waals surface area contributed by atoms with Gasteiger partial charge in [-0.25, -0.2) is 4.79 Å². The van der Waals surface area contributed by atoms with Crippen LogP contribution in [0.25, 0.3) is 0 Å². The second-order valence-electron chi connectivity index (χ2n) is 12.1. The predicted molar refractivity (Wildman–Crippen MR) is 124 cm³/mol. The average Bonchev–Trinajstić information content (AvgIpc) is 3.13. The molecule has 4 aliphatic rings. The molecule has 4 aliphatic carbocycles. The quantitative estimate of drug-likeness (QED) is 0.639. The van der Waals surface area contributed by atoms with Gasteiger partial charge in [0.15, 0.2) is 0 Å². The Morgan fingerprint density at radius 2 is 1.73 bits per heavy atom. The molecule has 180 valence electrons. The van der Waals surface area contributed by atoms with Gasteiger partial charge in [-0.05, 0) is 86.2 Å². The van der Waals surface area contributed by atoms with E-state index in [1.165, 1.54) is 7.11 Å². The zero-order valence-corrected chi connectivity index (χ0v) is 20.4. The van der Waals surface area contributed by atoms with Gasteiger partial charge in [-0.1, -0.05) is 38.5 Å². The zero-order valence-electron chi connectivity index (χ0n) is 20.4. The number of ether oxygens (including phenoxy) is 2. The van der Waals surface area contributed by atoms with Gasteiger partial charge in [-0.2, -0.15) is 0 Å². The highest BCUT2D eigenvalue weighted by atomic mass is 16.5. The van der Waals surface area contributed by atoms with Crippen LogP contribution in [-0.4, -0.2) is 36.4 Å². The zero-order chi connectivity index (χ0) is 23.6. The summed E-state index contributed by atoms with van der Waals surface area (Å²) in [5, 5.41) is 11.1. The smallest absolute Gasteiger partial charge is 0.338 e. The van der Waals surface area contributed by atoms with E-state index in [1.807, 2.05) is 25.1 Å². The topological polar surface area (TPSA) is 72.8 Å². The molecule has 33 heavy (non-hydrogen) atoms. The van der Waals surface area contributed by atoms with Gasteiger partial charge in [0.1, 0.15) is 6.10 Å². The summed E-state index contributed by atoms with van der Waals surface area (Å²) in [5.74, 6) is -0.333. The molecular weight excluding hydrogens is 416 g/mol. The van der Waals surface area contributed by atoms with Crippen LogP contribution in [0.5, 0.6) is 0 Å². The van der Waals surface area contributed by atoms with E-state index in [1.54, 1.807) is 12.1 Å². The second kappa shape index (κ2) is 7.56. The van der Waals surface area contributed by atoms with E-state index in [-0.39, 0.29) is 52.2 Å². The maximum absolute atomic E-state index is 13.3. The van der Waals surface area contributed by atoms with Gasteiger partial charge in [0, 0.05) is 5.92 Å². The van der Waals surface area contributed by atoms with Crippen molar-refractivity contribution in [2.24, 2.45) is 33.5 Å². The van der Waals surface area contributed by atoms with Crippen molar-refractivity contribution in [1.82, 2.24) is 0 Å². The minimum absolute atomic E-state index is 0.0588. The van der Waals surface area contributed by atoms with Crippen molar-refractivity contribution in [3.05, 3.63) is 35.9 Å². The lowest BCUT2D eigenvalue weighted by molar-refractivity contribution is -0.234. The molecule has 1 spiro atoms. The van der Waals surface area contributed by atoms with Gasteiger partial charge in [0.2, 0.25) is 0 Å². The van der Waals surface area contributed by atoms with Crippen molar-refractivity contribution in [3.8, 4) is 0 Å². The van der Waals surface area contributed by atoms with Crippen LogP contribution in [0.3, 0.4) is 0 Å². The molecule has 0 amide bonds. The van der Waals surface area contributed by atoms with Gasteiger partial charge < -0.3 is 14.6 Å². The number of fused-ring (bicyclic) bond motifs is 2.